The Bertz CT molecular complexity index is 879. The summed E-state index contributed by atoms with van der Waals surface area (Å²) in [5, 5.41) is 0.589. The van der Waals surface area contributed by atoms with Crippen molar-refractivity contribution in [2.24, 2.45) is 11.7 Å². The molecule has 132 valence electrons. The summed E-state index contributed by atoms with van der Waals surface area (Å²) in [6, 6.07) is 7.38. The molecule has 8 heteroatoms. The standard InChI is InChI=1S/C16H20N2O4S.ClH/c1-11(17)13-3-2-8-18(10-13)23(20,21)14-5-6-15-12(9-14)4-7-16(19)22-15;/h4-7,9,11,13H,2-3,8,10,17H2,1H3;1H. The van der Waals surface area contributed by atoms with E-state index in [-0.39, 0.29) is 29.3 Å². The maximum atomic E-state index is 12.9. The van der Waals surface area contributed by atoms with Crippen LogP contribution in [0.3, 0.4) is 0 Å². The molecular weight excluding hydrogens is 352 g/mol. The van der Waals surface area contributed by atoms with Crippen molar-refractivity contribution >= 4 is 33.4 Å². The summed E-state index contributed by atoms with van der Waals surface area (Å²) >= 11 is 0. The Morgan fingerprint density at radius 1 is 1.29 bits per heavy atom. The SMILES string of the molecule is CC(N)C1CCCN(S(=O)(=O)c2ccc3oc(=O)ccc3c2)C1.Cl. The molecule has 0 spiro atoms. The highest BCUT2D eigenvalue weighted by molar-refractivity contribution is 7.89. The smallest absolute Gasteiger partial charge is 0.336 e. The molecule has 3 rings (SSSR count). The van der Waals surface area contributed by atoms with Gasteiger partial charge in [0.15, 0.2) is 0 Å². The Morgan fingerprint density at radius 2 is 2.04 bits per heavy atom. The summed E-state index contributed by atoms with van der Waals surface area (Å²) in [6.45, 7) is 2.87. The lowest BCUT2D eigenvalue weighted by atomic mass is 9.93. The van der Waals surface area contributed by atoms with Crippen LogP contribution in [0.2, 0.25) is 0 Å². The summed E-state index contributed by atoms with van der Waals surface area (Å²) in [5.41, 5.74) is 5.86. The normalized spacial score (nSPS) is 20.5. The van der Waals surface area contributed by atoms with Crippen LogP contribution in [-0.4, -0.2) is 31.9 Å². The van der Waals surface area contributed by atoms with Gasteiger partial charge in [-0.2, -0.15) is 4.31 Å². The van der Waals surface area contributed by atoms with E-state index in [2.05, 4.69) is 0 Å². The first-order valence-electron chi connectivity index (χ1n) is 7.67. The molecule has 1 aliphatic rings. The molecule has 2 aromatic rings. The summed E-state index contributed by atoms with van der Waals surface area (Å²) in [4.78, 5) is 11.4. The number of hydrogen-bond donors (Lipinski definition) is 1. The van der Waals surface area contributed by atoms with Crippen LogP contribution >= 0.6 is 12.4 Å². The molecule has 2 heterocycles. The number of rotatable bonds is 3. The van der Waals surface area contributed by atoms with Gasteiger partial charge in [-0.3, -0.25) is 0 Å². The van der Waals surface area contributed by atoms with Gasteiger partial charge in [0.25, 0.3) is 0 Å². The van der Waals surface area contributed by atoms with Crippen LogP contribution in [0.5, 0.6) is 0 Å². The molecule has 2 unspecified atom stereocenters. The number of nitrogens with zero attached hydrogens (tertiary/aromatic N) is 1. The van der Waals surface area contributed by atoms with Crippen LogP contribution in [0.15, 0.2) is 44.4 Å². The van der Waals surface area contributed by atoms with Crippen molar-refractivity contribution in [1.82, 2.24) is 4.31 Å². The van der Waals surface area contributed by atoms with E-state index in [0.717, 1.165) is 12.8 Å². The molecule has 0 bridgehead atoms. The van der Waals surface area contributed by atoms with Crippen LogP contribution in [0.1, 0.15) is 19.8 Å². The second-order valence-corrected chi connectivity index (χ2v) is 8.02. The number of fused-ring (bicyclic) bond motifs is 1. The van der Waals surface area contributed by atoms with Crippen molar-refractivity contribution in [3.8, 4) is 0 Å². The minimum absolute atomic E-state index is 0. The zero-order chi connectivity index (χ0) is 16.6. The van der Waals surface area contributed by atoms with E-state index in [1.165, 1.54) is 22.5 Å². The lowest BCUT2D eigenvalue weighted by molar-refractivity contribution is 0.243. The van der Waals surface area contributed by atoms with Crippen molar-refractivity contribution in [3.05, 3.63) is 40.8 Å². The molecule has 1 fully saturated rings. The summed E-state index contributed by atoms with van der Waals surface area (Å²) in [6.07, 6.45) is 1.76. The molecule has 0 radical (unpaired) electrons. The fourth-order valence-corrected chi connectivity index (χ4v) is 4.55. The largest absolute Gasteiger partial charge is 0.423 e. The highest BCUT2D eigenvalue weighted by Crippen LogP contribution is 2.26. The van der Waals surface area contributed by atoms with Crippen LogP contribution in [0.4, 0.5) is 0 Å². The van der Waals surface area contributed by atoms with Crippen molar-refractivity contribution in [2.75, 3.05) is 13.1 Å². The number of sulfonamides is 1. The average Bonchev–Trinajstić information content (AvgIpc) is 2.54. The zero-order valence-corrected chi connectivity index (χ0v) is 15.0. The van der Waals surface area contributed by atoms with Gasteiger partial charge in [0.2, 0.25) is 10.0 Å². The van der Waals surface area contributed by atoms with Gasteiger partial charge in [-0.25, -0.2) is 13.2 Å². The summed E-state index contributed by atoms with van der Waals surface area (Å²) in [5.74, 6) is 0.178. The van der Waals surface area contributed by atoms with Gasteiger partial charge in [-0.15, -0.1) is 12.4 Å². The van der Waals surface area contributed by atoms with E-state index in [9.17, 15) is 13.2 Å². The fourth-order valence-electron chi connectivity index (χ4n) is 2.98. The number of piperidine rings is 1. The van der Waals surface area contributed by atoms with Gasteiger partial charge < -0.3 is 10.2 Å². The monoisotopic (exact) mass is 372 g/mol. The van der Waals surface area contributed by atoms with E-state index in [0.29, 0.717) is 24.1 Å². The first-order chi connectivity index (χ1) is 10.9. The highest BCUT2D eigenvalue weighted by Gasteiger charge is 2.31. The first-order valence-corrected chi connectivity index (χ1v) is 9.11. The number of hydrogen-bond acceptors (Lipinski definition) is 5. The van der Waals surface area contributed by atoms with E-state index >= 15 is 0 Å². The lowest BCUT2D eigenvalue weighted by Gasteiger charge is -2.33. The Kier molecular flexibility index (Phi) is 5.70. The molecule has 2 atom stereocenters. The fraction of sp³-hybridized carbons (Fsp3) is 0.438. The van der Waals surface area contributed by atoms with Crippen LogP contribution in [0.25, 0.3) is 11.0 Å². The minimum atomic E-state index is -3.57. The summed E-state index contributed by atoms with van der Waals surface area (Å²) < 4.78 is 32.3. The van der Waals surface area contributed by atoms with Crippen LogP contribution in [-0.2, 0) is 10.0 Å². The second kappa shape index (κ2) is 7.23. The number of benzene rings is 1. The molecule has 2 N–H and O–H groups in total. The Balaban J connectivity index is 0.00000208. The molecule has 1 aliphatic heterocycles. The molecular formula is C16H21ClN2O4S. The van der Waals surface area contributed by atoms with Gasteiger partial charge in [0.1, 0.15) is 5.58 Å². The second-order valence-electron chi connectivity index (χ2n) is 6.08. The lowest BCUT2D eigenvalue weighted by Crippen LogP contribution is -2.44. The van der Waals surface area contributed by atoms with Crippen LogP contribution in [0, 0.1) is 5.92 Å². The Labute approximate surface area is 147 Å². The van der Waals surface area contributed by atoms with E-state index in [4.69, 9.17) is 10.2 Å². The van der Waals surface area contributed by atoms with E-state index in [1.807, 2.05) is 6.92 Å². The molecule has 1 aromatic heterocycles. The Hall–Kier alpha value is -1.41. The van der Waals surface area contributed by atoms with E-state index in [1.54, 1.807) is 12.1 Å². The van der Waals surface area contributed by atoms with Crippen molar-refractivity contribution < 1.29 is 12.8 Å². The van der Waals surface area contributed by atoms with Gasteiger partial charge in [0.05, 0.1) is 4.90 Å². The predicted octanol–water partition coefficient (Wildman–Crippen LogP) is 1.96. The zero-order valence-electron chi connectivity index (χ0n) is 13.3. The number of nitrogens with two attached hydrogens (primary N) is 1. The van der Waals surface area contributed by atoms with Gasteiger partial charge >= 0.3 is 5.63 Å². The van der Waals surface area contributed by atoms with Crippen molar-refractivity contribution in [3.63, 3.8) is 0 Å². The molecule has 0 amide bonds. The average molecular weight is 373 g/mol. The topological polar surface area (TPSA) is 93.6 Å². The third kappa shape index (κ3) is 3.64. The quantitative estimate of drug-likeness (QED) is 0.831. The molecule has 24 heavy (non-hydrogen) atoms. The van der Waals surface area contributed by atoms with Crippen molar-refractivity contribution in [1.29, 1.82) is 0 Å². The molecule has 6 nitrogen and oxygen atoms in total. The third-order valence-electron chi connectivity index (χ3n) is 4.39. The maximum absolute atomic E-state index is 12.9. The molecule has 1 aromatic carbocycles. The number of halogens is 1. The maximum Gasteiger partial charge on any atom is 0.336 e. The molecule has 1 saturated heterocycles. The van der Waals surface area contributed by atoms with Gasteiger partial charge in [-0.1, -0.05) is 0 Å². The highest BCUT2D eigenvalue weighted by atomic mass is 35.5. The Morgan fingerprint density at radius 3 is 2.75 bits per heavy atom. The van der Waals surface area contributed by atoms with E-state index < -0.39 is 15.6 Å². The first kappa shape index (κ1) is 18.9. The summed E-state index contributed by atoms with van der Waals surface area (Å²) in [7, 11) is -3.57. The van der Waals surface area contributed by atoms with Gasteiger partial charge in [-0.05, 0) is 49.9 Å². The van der Waals surface area contributed by atoms with Gasteiger partial charge in [0, 0.05) is 30.6 Å². The molecule has 0 aliphatic carbocycles. The minimum Gasteiger partial charge on any atom is -0.423 e. The predicted molar refractivity (Wildman–Crippen MR) is 94.9 cm³/mol. The molecule has 0 saturated carbocycles. The van der Waals surface area contributed by atoms with Crippen molar-refractivity contribution in [2.45, 2.75) is 30.7 Å². The third-order valence-corrected chi connectivity index (χ3v) is 6.25. The van der Waals surface area contributed by atoms with Crippen LogP contribution < -0.4 is 11.4 Å².